The molecule has 2 aliphatic heterocycles. The van der Waals surface area contributed by atoms with Crippen LogP contribution < -0.4 is 9.47 Å². The van der Waals surface area contributed by atoms with Crippen molar-refractivity contribution >= 4 is 5.78 Å². The van der Waals surface area contributed by atoms with Crippen LogP contribution >= 0.6 is 0 Å². The highest BCUT2D eigenvalue weighted by Crippen LogP contribution is 2.58. The molecule has 2 aromatic carbocycles. The van der Waals surface area contributed by atoms with Gasteiger partial charge in [0.2, 0.25) is 11.4 Å². The maximum atomic E-state index is 13.5. The Balaban J connectivity index is 1.63. The van der Waals surface area contributed by atoms with Crippen LogP contribution in [0.4, 0.5) is 0 Å². The summed E-state index contributed by atoms with van der Waals surface area (Å²) in [4.78, 5) is 13.5. The highest BCUT2D eigenvalue weighted by atomic mass is 16.7. The van der Waals surface area contributed by atoms with Crippen LogP contribution in [0, 0.1) is 0 Å². The Hall–Kier alpha value is -3.71. The average molecular weight is 507 g/mol. The van der Waals surface area contributed by atoms with Gasteiger partial charge in [-0.3, -0.25) is 4.79 Å². The van der Waals surface area contributed by atoms with Crippen molar-refractivity contribution < 1.29 is 34.7 Å². The normalized spacial score (nSPS) is 22.5. The Morgan fingerprint density at radius 3 is 2.19 bits per heavy atom. The molecule has 4 N–H and O–H groups in total. The molecular weight excluding hydrogens is 472 g/mol. The predicted octanol–water partition coefficient (Wildman–Crippen LogP) is 6.16. The van der Waals surface area contributed by atoms with E-state index < -0.39 is 22.9 Å². The third kappa shape index (κ3) is 4.83. The summed E-state index contributed by atoms with van der Waals surface area (Å²) >= 11 is 0. The number of ketones is 1. The average Bonchev–Trinajstić information content (AvgIpc) is 3.05. The van der Waals surface area contributed by atoms with Gasteiger partial charge in [0, 0.05) is 30.2 Å². The fourth-order valence-corrected chi connectivity index (χ4v) is 4.91. The third-order valence-electron chi connectivity index (χ3n) is 6.95. The minimum absolute atomic E-state index is 0.0577. The van der Waals surface area contributed by atoms with E-state index in [0.29, 0.717) is 5.56 Å². The van der Waals surface area contributed by atoms with Crippen LogP contribution in [-0.4, -0.2) is 32.0 Å². The molecule has 0 saturated carbocycles. The minimum atomic E-state index is -2.48. The molecule has 0 spiro atoms. The second-order valence-electron chi connectivity index (χ2n) is 10.2. The van der Waals surface area contributed by atoms with Gasteiger partial charge in [0.05, 0.1) is 0 Å². The SMILES string of the molecule is CC(C)=CCC/C(C)=C/CC/C(C)=C/C[C@@]12Oc3cc(O)cc(O)c3C(=O)[C@]1(O)Oc1cc(O)ccc12. The first-order valence-electron chi connectivity index (χ1n) is 12.5. The van der Waals surface area contributed by atoms with Crippen LogP contribution in [0.2, 0.25) is 0 Å². The quantitative estimate of drug-likeness (QED) is 0.317. The standard InChI is InChI=1S/C30H34O7/c1-18(2)7-5-8-19(3)9-6-10-20(4)13-14-29-23-12-11-21(31)16-25(23)37-30(29,35)28(34)27-24(33)15-22(32)17-26(27)36-29/h7,9,11-13,15-17,31-33,35H,5-6,8,10,14H2,1-4H3/b19-9+,20-13+/t29-,30-/m0/s1. The summed E-state index contributed by atoms with van der Waals surface area (Å²) in [5.74, 6) is -4.23. The molecule has 0 aromatic heterocycles. The molecule has 0 fully saturated rings. The number of phenolic OH excluding ortho intramolecular Hbond substituents is 3. The van der Waals surface area contributed by atoms with Crippen LogP contribution in [-0.2, 0) is 5.60 Å². The van der Waals surface area contributed by atoms with E-state index in [4.69, 9.17) is 9.47 Å². The Morgan fingerprint density at radius 2 is 1.49 bits per heavy atom. The Bertz CT molecular complexity index is 1320. The van der Waals surface area contributed by atoms with E-state index in [2.05, 4.69) is 32.9 Å². The predicted molar refractivity (Wildman–Crippen MR) is 140 cm³/mol. The Kier molecular flexibility index (Phi) is 7.11. The van der Waals surface area contributed by atoms with Gasteiger partial charge >= 0.3 is 5.79 Å². The van der Waals surface area contributed by atoms with Crippen LogP contribution in [0.25, 0.3) is 0 Å². The van der Waals surface area contributed by atoms with Gasteiger partial charge in [-0.1, -0.05) is 34.9 Å². The molecular formula is C30H34O7. The number of hydrogen-bond donors (Lipinski definition) is 4. The smallest absolute Gasteiger partial charge is 0.318 e. The molecule has 2 heterocycles. The van der Waals surface area contributed by atoms with Crippen molar-refractivity contribution in [2.45, 2.75) is 71.2 Å². The highest BCUT2D eigenvalue weighted by molar-refractivity contribution is 6.08. The number of rotatable bonds is 8. The summed E-state index contributed by atoms with van der Waals surface area (Å²) < 4.78 is 12.0. The van der Waals surface area contributed by atoms with Crippen molar-refractivity contribution in [2.75, 3.05) is 0 Å². The topological polar surface area (TPSA) is 116 Å². The summed E-state index contributed by atoms with van der Waals surface area (Å²) in [5.41, 5.74) is 2.11. The number of carbonyl (C=O) groups is 1. The van der Waals surface area contributed by atoms with Gasteiger partial charge in [-0.05, 0) is 65.5 Å². The summed E-state index contributed by atoms with van der Waals surface area (Å²) in [6.07, 6.45) is 10.1. The minimum Gasteiger partial charge on any atom is -0.508 e. The number of phenols is 3. The molecule has 2 aliphatic rings. The van der Waals surface area contributed by atoms with Crippen LogP contribution in [0.3, 0.4) is 0 Å². The van der Waals surface area contributed by atoms with E-state index >= 15 is 0 Å². The van der Waals surface area contributed by atoms with Crippen molar-refractivity contribution in [3.05, 3.63) is 76.4 Å². The molecule has 2 aromatic rings. The second-order valence-corrected chi connectivity index (χ2v) is 10.2. The molecule has 0 amide bonds. The number of benzene rings is 2. The first kappa shape index (κ1) is 26.4. The molecule has 0 saturated heterocycles. The van der Waals surface area contributed by atoms with E-state index in [1.165, 1.54) is 29.3 Å². The van der Waals surface area contributed by atoms with E-state index in [1.54, 1.807) is 6.07 Å². The maximum absolute atomic E-state index is 13.5. The van der Waals surface area contributed by atoms with Crippen molar-refractivity contribution in [1.29, 1.82) is 0 Å². The van der Waals surface area contributed by atoms with Gasteiger partial charge < -0.3 is 29.9 Å². The molecule has 0 radical (unpaired) electrons. The fourth-order valence-electron chi connectivity index (χ4n) is 4.91. The lowest BCUT2D eigenvalue weighted by molar-refractivity contribution is -0.201. The number of ether oxygens (including phenoxy) is 2. The van der Waals surface area contributed by atoms with Gasteiger partial charge in [-0.2, -0.15) is 0 Å². The summed E-state index contributed by atoms with van der Waals surface area (Å²) in [5, 5.41) is 42.0. The lowest BCUT2D eigenvalue weighted by atomic mass is 9.77. The van der Waals surface area contributed by atoms with Gasteiger partial charge in [0.1, 0.15) is 34.3 Å². The number of Topliss-reactive ketones (excluding diaryl/α,β-unsaturated/α-hetero) is 1. The zero-order valence-electron chi connectivity index (χ0n) is 21.7. The van der Waals surface area contributed by atoms with Crippen molar-refractivity contribution in [2.24, 2.45) is 0 Å². The van der Waals surface area contributed by atoms with Gasteiger partial charge in [0.25, 0.3) is 0 Å². The van der Waals surface area contributed by atoms with Crippen LogP contribution in [0.1, 0.15) is 75.7 Å². The number of allylic oxidation sites excluding steroid dienone is 5. The van der Waals surface area contributed by atoms with E-state index in [1.807, 2.05) is 13.0 Å². The monoisotopic (exact) mass is 506 g/mol. The number of hydrogen-bond acceptors (Lipinski definition) is 7. The Labute approximate surface area is 217 Å². The number of aliphatic hydroxyl groups is 1. The molecule has 0 bridgehead atoms. The number of aromatic hydroxyl groups is 3. The van der Waals surface area contributed by atoms with Crippen LogP contribution in [0.15, 0.2) is 65.3 Å². The summed E-state index contributed by atoms with van der Waals surface area (Å²) in [7, 11) is 0. The molecule has 2 atom stereocenters. The molecule has 0 unspecified atom stereocenters. The first-order valence-corrected chi connectivity index (χ1v) is 12.5. The zero-order chi connectivity index (χ0) is 27.0. The molecule has 4 rings (SSSR count). The van der Waals surface area contributed by atoms with E-state index in [-0.39, 0.29) is 35.0 Å². The number of fused-ring (bicyclic) bond motifs is 4. The van der Waals surface area contributed by atoms with Gasteiger partial charge in [-0.15, -0.1) is 0 Å². The van der Waals surface area contributed by atoms with Crippen LogP contribution in [0.5, 0.6) is 28.7 Å². The van der Waals surface area contributed by atoms with Crippen molar-refractivity contribution in [3.63, 3.8) is 0 Å². The molecule has 196 valence electrons. The fraction of sp³-hybridized carbons (Fsp3) is 0.367. The van der Waals surface area contributed by atoms with Crippen molar-refractivity contribution in [1.82, 2.24) is 0 Å². The summed E-state index contributed by atoms with van der Waals surface area (Å²) in [6, 6.07) is 6.52. The van der Waals surface area contributed by atoms with Gasteiger partial charge in [-0.25, -0.2) is 0 Å². The first-order chi connectivity index (χ1) is 17.5. The van der Waals surface area contributed by atoms with E-state index in [9.17, 15) is 25.2 Å². The number of carbonyl (C=O) groups excluding carboxylic acids is 1. The molecule has 37 heavy (non-hydrogen) atoms. The zero-order valence-corrected chi connectivity index (χ0v) is 21.7. The lowest BCUT2D eigenvalue weighted by Crippen LogP contribution is -2.62. The molecule has 7 heteroatoms. The lowest BCUT2D eigenvalue weighted by Gasteiger charge is -2.43. The molecule has 7 nitrogen and oxygen atoms in total. The van der Waals surface area contributed by atoms with Gasteiger partial charge in [0.15, 0.2) is 0 Å². The Morgan fingerprint density at radius 1 is 0.838 bits per heavy atom. The largest absolute Gasteiger partial charge is 0.508 e. The molecule has 0 aliphatic carbocycles. The maximum Gasteiger partial charge on any atom is 0.318 e. The highest BCUT2D eigenvalue weighted by Gasteiger charge is 2.69. The summed E-state index contributed by atoms with van der Waals surface area (Å²) in [6.45, 7) is 8.30. The second kappa shape index (κ2) is 9.98. The van der Waals surface area contributed by atoms with E-state index in [0.717, 1.165) is 37.3 Å². The van der Waals surface area contributed by atoms with Crippen molar-refractivity contribution in [3.8, 4) is 28.7 Å². The third-order valence-corrected chi connectivity index (χ3v) is 6.95.